The van der Waals surface area contributed by atoms with Gasteiger partial charge < -0.3 is 5.32 Å². The third-order valence-electron chi connectivity index (χ3n) is 4.45. The summed E-state index contributed by atoms with van der Waals surface area (Å²) in [5.74, 6) is 1.60. The van der Waals surface area contributed by atoms with Gasteiger partial charge in [0.2, 0.25) is 0 Å². The zero-order valence-electron chi connectivity index (χ0n) is 14.6. The van der Waals surface area contributed by atoms with Crippen molar-refractivity contribution in [2.45, 2.75) is 85.0 Å². The Hall–Kier alpha value is -0.300. The van der Waals surface area contributed by atoms with Crippen molar-refractivity contribution in [2.75, 3.05) is 13.6 Å². The van der Waals surface area contributed by atoms with Gasteiger partial charge in [-0.05, 0) is 44.7 Å². The van der Waals surface area contributed by atoms with Gasteiger partial charge in [0.1, 0.15) is 0 Å². The van der Waals surface area contributed by atoms with Gasteiger partial charge in [-0.3, -0.25) is 0 Å². The van der Waals surface area contributed by atoms with E-state index in [0.717, 1.165) is 5.92 Å². The highest BCUT2D eigenvalue weighted by molar-refractivity contribution is 4.97. The largest absolute Gasteiger partial charge is 0.320 e. The van der Waals surface area contributed by atoms with E-state index in [9.17, 15) is 0 Å². The maximum atomic E-state index is 4.23. The van der Waals surface area contributed by atoms with Gasteiger partial charge in [-0.15, -0.1) is 0 Å². The number of nitrogens with one attached hydrogen (secondary N) is 1. The van der Waals surface area contributed by atoms with Gasteiger partial charge in [-0.25, -0.2) is 0 Å². The maximum Gasteiger partial charge on any atom is -0.00519 e. The lowest BCUT2D eigenvalue weighted by Crippen LogP contribution is -2.07. The smallest absolute Gasteiger partial charge is 0.00519 e. The van der Waals surface area contributed by atoms with Crippen LogP contribution in [0.1, 0.15) is 85.0 Å². The summed E-state index contributed by atoms with van der Waals surface area (Å²) in [6.45, 7) is 12.2. The molecule has 0 radical (unpaired) electrons. The molecular weight excluding hydrogens is 242 g/mol. The molecule has 1 N–H and O–H groups in total. The molecule has 0 rings (SSSR count). The lowest BCUT2D eigenvalue weighted by Gasteiger charge is -2.18. The molecule has 0 fully saturated rings. The minimum Gasteiger partial charge on any atom is -0.320 e. The van der Waals surface area contributed by atoms with Crippen LogP contribution in [0, 0.1) is 11.8 Å². The first-order chi connectivity index (χ1) is 9.61. The molecule has 0 saturated heterocycles. The molecule has 0 aliphatic heterocycles. The molecule has 0 aliphatic carbocycles. The van der Waals surface area contributed by atoms with Crippen molar-refractivity contribution < 1.29 is 0 Å². The van der Waals surface area contributed by atoms with Crippen LogP contribution in [0.4, 0.5) is 0 Å². The molecule has 0 aromatic heterocycles. The molecule has 1 nitrogen and oxygen atoms in total. The van der Waals surface area contributed by atoms with Crippen LogP contribution in [0.3, 0.4) is 0 Å². The van der Waals surface area contributed by atoms with Crippen molar-refractivity contribution in [1.82, 2.24) is 5.32 Å². The number of hydrogen-bond acceptors (Lipinski definition) is 1. The average molecular weight is 282 g/mol. The van der Waals surface area contributed by atoms with Gasteiger partial charge >= 0.3 is 0 Å². The van der Waals surface area contributed by atoms with Gasteiger partial charge in [0.15, 0.2) is 0 Å². The molecule has 120 valence electrons. The summed E-state index contributed by atoms with van der Waals surface area (Å²) in [6.07, 6.45) is 13.8. The van der Waals surface area contributed by atoms with Crippen molar-refractivity contribution in [1.29, 1.82) is 0 Å². The van der Waals surface area contributed by atoms with Crippen molar-refractivity contribution in [3.05, 3.63) is 12.2 Å². The molecule has 0 aromatic carbocycles. The Bertz CT molecular complexity index is 220. The van der Waals surface area contributed by atoms with Gasteiger partial charge in [-0.1, -0.05) is 77.9 Å². The minimum absolute atomic E-state index is 0.656. The summed E-state index contributed by atoms with van der Waals surface area (Å²) in [4.78, 5) is 0. The fraction of sp³-hybridized carbons (Fsp3) is 0.895. The monoisotopic (exact) mass is 281 g/mol. The molecule has 1 heteroatoms. The van der Waals surface area contributed by atoms with E-state index in [0.29, 0.717) is 5.92 Å². The number of unbranched alkanes of at least 4 members (excludes halogenated alkanes) is 4. The fourth-order valence-corrected chi connectivity index (χ4v) is 2.69. The van der Waals surface area contributed by atoms with Crippen LogP contribution >= 0.6 is 0 Å². The molecule has 0 aromatic rings. The Morgan fingerprint density at radius 3 is 2.20 bits per heavy atom. The molecular formula is C19H39N. The fourth-order valence-electron chi connectivity index (χ4n) is 2.69. The number of rotatable bonds is 14. The second-order valence-corrected chi connectivity index (χ2v) is 6.67. The molecule has 20 heavy (non-hydrogen) atoms. The summed E-state index contributed by atoms with van der Waals surface area (Å²) in [5.41, 5.74) is 1.44. The van der Waals surface area contributed by atoms with Gasteiger partial charge in [-0.2, -0.15) is 0 Å². The maximum absolute atomic E-state index is 4.23. The molecule has 0 aliphatic rings. The molecule has 1 unspecified atom stereocenters. The van der Waals surface area contributed by atoms with Crippen LogP contribution in [0.2, 0.25) is 0 Å². The molecule has 0 bridgehead atoms. The normalized spacial score (nSPS) is 12.8. The third kappa shape index (κ3) is 11.5. The zero-order valence-corrected chi connectivity index (χ0v) is 14.6. The third-order valence-corrected chi connectivity index (χ3v) is 4.45. The molecule has 0 spiro atoms. The highest BCUT2D eigenvalue weighted by atomic mass is 14.8. The first kappa shape index (κ1) is 19.7. The van der Waals surface area contributed by atoms with E-state index in [1.807, 2.05) is 7.05 Å². The lowest BCUT2D eigenvalue weighted by atomic mass is 9.88. The number of allylic oxidation sites excluding steroid dienone is 1. The summed E-state index contributed by atoms with van der Waals surface area (Å²) in [6, 6.07) is 0. The van der Waals surface area contributed by atoms with Crippen molar-refractivity contribution in [3.8, 4) is 0 Å². The molecule has 0 heterocycles. The van der Waals surface area contributed by atoms with Gasteiger partial charge in [0, 0.05) is 0 Å². The van der Waals surface area contributed by atoms with Gasteiger partial charge in [0.05, 0.1) is 0 Å². The van der Waals surface area contributed by atoms with Crippen molar-refractivity contribution in [2.24, 2.45) is 11.8 Å². The molecule has 0 amide bonds. The zero-order chi connectivity index (χ0) is 15.2. The SMILES string of the molecule is C=C(CCC(CCCC)CCCCCCNC)C(C)C. The standard InChI is InChI=1S/C19H39N/c1-6-7-12-19(15-14-18(4)17(2)3)13-10-8-9-11-16-20-5/h17,19-20H,4,6-16H2,1-3,5H3. The van der Waals surface area contributed by atoms with Crippen LogP contribution in [0.25, 0.3) is 0 Å². The Labute approximate surface area is 128 Å². The lowest BCUT2D eigenvalue weighted by molar-refractivity contribution is 0.383. The summed E-state index contributed by atoms with van der Waals surface area (Å²) < 4.78 is 0. The Balaban J connectivity index is 3.81. The number of hydrogen-bond donors (Lipinski definition) is 1. The second-order valence-electron chi connectivity index (χ2n) is 6.67. The van der Waals surface area contributed by atoms with Crippen LogP contribution in [-0.4, -0.2) is 13.6 Å². The molecule has 0 saturated carbocycles. The predicted octanol–water partition coefficient (Wildman–Crippen LogP) is 5.96. The summed E-state index contributed by atoms with van der Waals surface area (Å²) >= 11 is 0. The van der Waals surface area contributed by atoms with E-state index in [1.165, 1.54) is 76.3 Å². The van der Waals surface area contributed by atoms with E-state index < -0.39 is 0 Å². The van der Waals surface area contributed by atoms with Crippen LogP contribution < -0.4 is 5.32 Å². The quantitative estimate of drug-likeness (QED) is 0.306. The Morgan fingerprint density at radius 2 is 1.60 bits per heavy atom. The minimum atomic E-state index is 0.656. The van der Waals surface area contributed by atoms with Crippen molar-refractivity contribution in [3.63, 3.8) is 0 Å². The molecule has 1 atom stereocenters. The van der Waals surface area contributed by atoms with Crippen LogP contribution in [-0.2, 0) is 0 Å². The predicted molar refractivity (Wildman–Crippen MR) is 93.2 cm³/mol. The van der Waals surface area contributed by atoms with E-state index in [2.05, 4.69) is 32.7 Å². The van der Waals surface area contributed by atoms with Crippen LogP contribution in [0.15, 0.2) is 12.2 Å². The first-order valence-electron chi connectivity index (χ1n) is 8.94. The first-order valence-corrected chi connectivity index (χ1v) is 8.94. The van der Waals surface area contributed by atoms with E-state index in [1.54, 1.807) is 0 Å². The Kier molecular flexibility index (Phi) is 13.5. The topological polar surface area (TPSA) is 12.0 Å². The average Bonchev–Trinajstić information content (AvgIpc) is 2.44. The Morgan fingerprint density at radius 1 is 0.950 bits per heavy atom. The second kappa shape index (κ2) is 13.7. The van der Waals surface area contributed by atoms with E-state index in [-0.39, 0.29) is 0 Å². The summed E-state index contributed by atoms with van der Waals surface area (Å²) in [7, 11) is 2.04. The van der Waals surface area contributed by atoms with Crippen molar-refractivity contribution >= 4 is 0 Å². The van der Waals surface area contributed by atoms with Gasteiger partial charge in [0.25, 0.3) is 0 Å². The van der Waals surface area contributed by atoms with E-state index in [4.69, 9.17) is 0 Å². The highest BCUT2D eigenvalue weighted by Crippen LogP contribution is 2.25. The summed E-state index contributed by atoms with van der Waals surface area (Å²) in [5, 5.41) is 3.23. The van der Waals surface area contributed by atoms with Crippen LogP contribution in [0.5, 0.6) is 0 Å². The highest BCUT2D eigenvalue weighted by Gasteiger charge is 2.10. The van der Waals surface area contributed by atoms with E-state index >= 15 is 0 Å².